The Kier molecular flexibility index (Phi) is 10.5. The Morgan fingerprint density at radius 1 is 0.939 bits per heavy atom. The fourth-order valence-electron chi connectivity index (χ4n) is 13.8. The molecular formula is C42H70N2O4S. The maximum atomic E-state index is 12.0. The first-order valence-corrected chi connectivity index (χ1v) is 21.9. The van der Waals surface area contributed by atoms with Crippen molar-refractivity contribution in [3.05, 3.63) is 23.8 Å². The van der Waals surface area contributed by atoms with Gasteiger partial charge in [-0.15, -0.1) is 0 Å². The van der Waals surface area contributed by atoms with Crippen LogP contribution in [0.25, 0.3) is 0 Å². The average molecular weight is 699 g/mol. The first kappa shape index (κ1) is 37.6. The molecular weight excluding hydrogens is 629 g/mol. The zero-order valence-electron chi connectivity index (χ0n) is 32.3. The largest absolute Gasteiger partial charge is 0.469 e. The molecule has 1 N–H and O–H groups in total. The number of nitrogens with one attached hydrogen (secondary N) is 1. The van der Waals surface area contributed by atoms with Crippen molar-refractivity contribution in [2.75, 3.05) is 44.8 Å². The number of hydrogen-bond acceptors (Lipinski definition) is 6. The summed E-state index contributed by atoms with van der Waals surface area (Å²) in [6.07, 6.45) is 19.3. The molecule has 0 radical (unpaired) electrons. The molecule has 1 heterocycles. The lowest BCUT2D eigenvalue weighted by Crippen LogP contribution is -2.68. The van der Waals surface area contributed by atoms with Crippen molar-refractivity contribution in [2.45, 2.75) is 137 Å². The molecule has 0 spiro atoms. The fourth-order valence-corrected chi connectivity index (χ4v) is 15.1. The molecule has 49 heavy (non-hydrogen) atoms. The van der Waals surface area contributed by atoms with Crippen LogP contribution < -0.4 is 5.32 Å². The number of unbranched alkanes of at least 4 members (excludes halogenated alkanes) is 2. The van der Waals surface area contributed by atoms with Gasteiger partial charge in [0.15, 0.2) is 9.84 Å². The molecule has 4 saturated carbocycles. The molecule has 0 aromatic carbocycles. The van der Waals surface area contributed by atoms with Crippen molar-refractivity contribution in [2.24, 2.45) is 51.2 Å². The molecule has 0 unspecified atom stereocenters. The number of carbonyl (C=O) groups is 1. The standard InChI is InChI=1S/C42H70N2O4S/c1-30(2)32-17-21-42(43-24-25-44-26-28-49(46,47)29-27-44)23-22-40(6)33(37(32)42)14-15-35-39(5)19-16-31(12-10-9-11-13-36(45)48-8)38(3,4)34(39)18-20-41(35,40)7/h16,32-35,37,43H,1,9-15,17-29H2,2-8H3/t32-,33+,34-,35+,37+,39-,40+,41+,42-/m0/s1. The van der Waals surface area contributed by atoms with Gasteiger partial charge in [0, 0.05) is 38.1 Å². The molecule has 1 aliphatic heterocycles. The van der Waals surface area contributed by atoms with E-state index in [0.717, 1.165) is 44.2 Å². The van der Waals surface area contributed by atoms with Crippen LogP contribution in [-0.4, -0.2) is 69.6 Å². The van der Waals surface area contributed by atoms with Crippen LogP contribution in [-0.2, 0) is 19.4 Å². The van der Waals surface area contributed by atoms with Crippen molar-refractivity contribution < 1.29 is 17.9 Å². The average Bonchev–Trinajstić information content (AvgIpc) is 3.43. The Bertz CT molecular complexity index is 1390. The second-order valence-electron chi connectivity index (χ2n) is 19.1. The molecule has 0 aromatic heterocycles. The molecule has 278 valence electrons. The highest BCUT2D eigenvalue weighted by molar-refractivity contribution is 7.91. The number of carbonyl (C=O) groups excluding carboxylic acids is 1. The van der Waals surface area contributed by atoms with Crippen LogP contribution in [0.5, 0.6) is 0 Å². The summed E-state index contributed by atoms with van der Waals surface area (Å²) in [5.74, 6) is 3.95. The number of hydrogen-bond donors (Lipinski definition) is 1. The smallest absolute Gasteiger partial charge is 0.305 e. The van der Waals surface area contributed by atoms with E-state index in [0.29, 0.717) is 65.0 Å². The van der Waals surface area contributed by atoms with E-state index in [1.54, 1.807) is 5.57 Å². The Labute approximate surface area is 299 Å². The second-order valence-corrected chi connectivity index (χ2v) is 21.4. The highest BCUT2D eigenvalue weighted by Crippen LogP contribution is 2.76. The number of rotatable bonds is 11. The molecule has 6 rings (SSSR count). The van der Waals surface area contributed by atoms with Gasteiger partial charge in [0.05, 0.1) is 18.6 Å². The summed E-state index contributed by atoms with van der Waals surface area (Å²) in [5.41, 5.74) is 4.45. The molecule has 9 atom stereocenters. The lowest BCUT2D eigenvalue weighted by molar-refractivity contribution is -0.221. The Hall–Kier alpha value is -1.18. The highest BCUT2D eigenvalue weighted by Gasteiger charge is 2.70. The van der Waals surface area contributed by atoms with Crippen molar-refractivity contribution >= 4 is 15.8 Å². The van der Waals surface area contributed by atoms with E-state index in [-0.39, 0.29) is 16.9 Å². The van der Waals surface area contributed by atoms with E-state index in [1.165, 1.54) is 76.9 Å². The Morgan fingerprint density at radius 3 is 2.37 bits per heavy atom. The molecule has 0 bridgehead atoms. The summed E-state index contributed by atoms with van der Waals surface area (Å²) >= 11 is 0. The fraction of sp³-hybridized carbons (Fsp3) is 0.881. The Morgan fingerprint density at radius 2 is 1.67 bits per heavy atom. The van der Waals surface area contributed by atoms with E-state index in [1.807, 2.05) is 0 Å². The number of fused-ring (bicyclic) bond motifs is 7. The third-order valence-electron chi connectivity index (χ3n) is 16.7. The third-order valence-corrected chi connectivity index (χ3v) is 18.3. The SMILES string of the molecule is C=C(C)[C@@H]1CC[C@]2(NCCN3CCS(=O)(=O)CC3)CC[C@]3(C)[C@H](CC[C@@H]4[C@@]5(C)CC=C(CCCCCC(=O)OC)C(C)(C)[C@@H]5CC[C@]43C)[C@@H]12. The first-order valence-electron chi connectivity index (χ1n) is 20.1. The topological polar surface area (TPSA) is 75.7 Å². The molecule has 6 aliphatic rings. The predicted molar refractivity (Wildman–Crippen MR) is 201 cm³/mol. The normalized spacial score (nSPS) is 42.6. The van der Waals surface area contributed by atoms with Gasteiger partial charge in [-0.3, -0.25) is 4.79 Å². The minimum atomic E-state index is -2.85. The van der Waals surface area contributed by atoms with Gasteiger partial charge in [0.2, 0.25) is 0 Å². The first-order chi connectivity index (χ1) is 23.0. The van der Waals surface area contributed by atoms with E-state index in [2.05, 4.69) is 64.4 Å². The number of nitrogens with zero attached hydrogens (tertiary/aromatic N) is 1. The van der Waals surface area contributed by atoms with Gasteiger partial charge in [-0.2, -0.15) is 0 Å². The molecule has 0 amide bonds. The second kappa shape index (κ2) is 13.7. The quantitative estimate of drug-likeness (QED) is 0.133. The molecule has 5 fully saturated rings. The summed E-state index contributed by atoms with van der Waals surface area (Å²) in [6.45, 7) is 23.5. The number of ether oxygens (including phenoxy) is 1. The monoisotopic (exact) mass is 699 g/mol. The number of allylic oxidation sites excluding steroid dienone is 3. The molecule has 0 aromatic rings. The zero-order chi connectivity index (χ0) is 35.5. The van der Waals surface area contributed by atoms with Gasteiger partial charge < -0.3 is 15.0 Å². The lowest BCUT2D eigenvalue weighted by atomic mass is 9.33. The van der Waals surface area contributed by atoms with Crippen LogP contribution in [0, 0.1) is 51.2 Å². The highest BCUT2D eigenvalue weighted by atomic mass is 32.2. The Balaban J connectivity index is 1.18. The molecule has 7 heteroatoms. The lowest BCUT2D eigenvalue weighted by Gasteiger charge is -2.72. The number of esters is 1. The van der Waals surface area contributed by atoms with Gasteiger partial charge in [-0.05, 0) is 135 Å². The van der Waals surface area contributed by atoms with E-state index < -0.39 is 9.84 Å². The van der Waals surface area contributed by atoms with Gasteiger partial charge in [-0.1, -0.05) is 64.8 Å². The molecule has 1 saturated heterocycles. The van der Waals surface area contributed by atoms with Crippen LogP contribution in [0.4, 0.5) is 0 Å². The summed E-state index contributed by atoms with van der Waals surface area (Å²) in [5, 5.41) is 4.22. The van der Waals surface area contributed by atoms with E-state index in [9.17, 15) is 13.2 Å². The van der Waals surface area contributed by atoms with Crippen molar-refractivity contribution in [1.82, 2.24) is 10.2 Å². The minimum Gasteiger partial charge on any atom is -0.469 e. The van der Waals surface area contributed by atoms with E-state index >= 15 is 0 Å². The van der Waals surface area contributed by atoms with Crippen LogP contribution in [0.3, 0.4) is 0 Å². The van der Waals surface area contributed by atoms with Crippen LogP contribution in [0.1, 0.15) is 131 Å². The van der Waals surface area contributed by atoms with E-state index in [4.69, 9.17) is 4.74 Å². The summed E-state index contributed by atoms with van der Waals surface area (Å²) in [7, 11) is -1.36. The maximum Gasteiger partial charge on any atom is 0.305 e. The molecule has 5 aliphatic carbocycles. The summed E-state index contributed by atoms with van der Waals surface area (Å²) in [4.78, 5) is 14.0. The van der Waals surface area contributed by atoms with Crippen LogP contribution >= 0.6 is 0 Å². The van der Waals surface area contributed by atoms with Crippen LogP contribution in [0.2, 0.25) is 0 Å². The molecule has 6 nitrogen and oxygen atoms in total. The van der Waals surface area contributed by atoms with Crippen LogP contribution in [0.15, 0.2) is 23.8 Å². The minimum absolute atomic E-state index is 0.0845. The number of methoxy groups -OCH3 is 1. The summed E-state index contributed by atoms with van der Waals surface area (Å²) in [6, 6.07) is 0. The summed E-state index contributed by atoms with van der Waals surface area (Å²) < 4.78 is 28.9. The maximum absolute atomic E-state index is 12.0. The van der Waals surface area contributed by atoms with Gasteiger partial charge >= 0.3 is 5.97 Å². The van der Waals surface area contributed by atoms with Gasteiger partial charge in [-0.25, -0.2) is 8.42 Å². The van der Waals surface area contributed by atoms with Gasteiger partial charge in [0.25, 0.3) is 0 Å². The van der Waals surface area contributed by atoms with Crippen molar-refractivity contribution in [3.63, 3.8) is 0 Å². The van der Waals surface area contributed by atoms with Gasteiger partial charge in [0.1, 0.15) is 0 Å². The van der Waals surface area contributed by atoms with Crippen molar-refractivity contribution in [1.29, 1.82) is 0 Å². The predicted octanol–water partition coefficient (Wildman–Crippen LogP) is 8.38. The third kappa shape index (κ3) is 6.44. The van der Waals surface area contributed by atoms with Crippen molar-refractivity contribution in [3.8, 4) is 0 Å². The number of sulfone groups is 1. The zero-order valence-corrected chi connectivity index (χ0v) is 33.1.